The highest BCUT2D eigenvalue weighted by molar-refractivity contribution is 7.03. The van der Waals surface area contributed by atoms with Gasteiger partial charge >= 0.3 is 0 Å². The molecule has 2 aliphatic rings. The zero-order valence-electron chi connectivity index (χ0n) is 52.1. The van der Waals surface area contributed by atoms with Crippen LogP contribution < -0.4 is 20.0 Å². The highest BCUT2D eigenvalue weighted by atomic mass is 28.3. The van der Waals surface area contributed by atoms with E-state index in [0.717, 1.165) is 82.3 Å². The van der Waals surface area contributed by atoms with Crippen LogP contribution in [0.25, 0.3) is 82.1 Å². The molecule has 0 fully saturated rings. The summed E-state index contributed by atoms with van der Waals surface area (Å²) in [7, 11) is -2.51. The number of hydrogen-bond donors (Lipinski definition) is 0. The Hall–Kier alpha value is -7.67. The molecule has 5 heterocycles. The average molecular weight is 990 g/mol. The van der Waals surface area contributed by atoms with E-state index in [4.69, 9.17) is 22.1 Å². The lowest BCUT2D eigenvalue weighted by molar-refractivity contribution is 0.483. The first-order chi connectivity index (χ1) is 39.1. The van der Waals surface area contributed by atoms with Crippen LogP contribution in [0.5, 0.6) is 11.5 Å². The number of nitrogens with zero attached hydrogens (tertiary/aromatic N) is 4. The number of anilines is 2. The molecule has 6 heteroatoms. The fourth-order valence-corrected chi connectivity index (χ4v) is 15.0. The molecule has 5 nitrogen and oxygen atoms in total. The molecule has 0 saturated heterocycles. The number of ether oxygens (including phenoxy) is 1. The van der Waals surface area contributed by atoms with Gasteiger partial charge in [0.05, 0.1) is 27.8 Å². The molecule has 0 unspecified atom stereocenters. The van der Waals surface area contributed by atoms with Crippen molar-refractivity contribution in [3.8, 4) is 28.4 Å². The van der Waals surface area contributed by atoms with Crippen LogP contribution in [0.1, 0.15) is 91.1 Å². The molecule has 0 radical (unpaired) electrons. The Labute approximate surface area is 448 Å². The summed E-state index contributed by atoms with van der Waals surface area (Å²) in [5.41, 5.74) is 4.72. The minimum absolute atomic E-state index is 0.0779. The van der Waals surface area contributed by atoms with E-state index in [9.17, 15) is 0 Å². The highest BCUT2D eigenvalue weighted by Crippen LogP contribution is 2.48. The number of hydrogen-bond acceptors (Lipinski definition) is 3. The molecule has 11 aromatic rings. The second-order valence-electron chi connectivity index (χ2n) is 23.0. The van der Waals surface area contributed by atoms with Crippen LogP contribution >= 0.6 is 0 Å². The van der Waals surface area contributed by atoms with Gasteiger partial charge in [0.1, 0.15) is 32.1 Å². The van der Waals surface area contributed by atoms with Crippen molar-refractivity contribution in [1.82, 2.24) is 14.1 Å². The molecule has 0 atom stereocenters. The Morgan fingerprint density at radius 2 is 1.07 bits per heavy atom. The Bertz CT molecular complexity index is 4570. The zero-order valence-corrected chi connectivity index (χ0v) is 44.1. The Morgan fingerprint density at radius 1 is 0.500 bits per heavy atom. The van der Waals surface area contributed by atoms with Crippen molar-refractivity contribution in [3.05, 3.63) is 193 Å². The number of benzene rings is 8. The first-order valence-electron chi connectivity index (χ1n) is 30.1. The largest absolute Gasteiger partial charge is 0.457 e. The first-order valence-corrected chi connectivity index (χ1v) is 28.6. The SMILES string of the molecule is [2H]C([2H])([2H])C(c1cc(-c2cccc3c4ccccc4c4ccccc4c4ccc5c6c4n(c23)CN6c2cc(Oc3ccc4c6ccccc6n(-c6cc(C(C)(C)C)ccn6)c4c3)ccc2[Si]5(C)C)cc(C(C)(C)C)c1)(C([2H])([2H])[2H])C([2H])([2H])[2H]. The summed E-state index contributed by atoms with van der Waals surface area (Å²) in [5.74, 6) is 2.19. The van der Waals surface area contributed by atoms with Gasteiger partial charge in [-0.1, -0.05) is 197 Å². The van der Waals surface area contributed by atoms with Crippen LogP contribution in [0.4, 0.5) is 11.4 Å². The first kappa shape index (κ1) is 37.1. The molecule has 13 rings (SSSR count). The molecule has 0 amide bonds. The maximum Gasteiger partial charge on any atom is 0.137 e. The van der Waals surface area contributed by atoms with E-state index in [1.807, 2.05) is 57.3 Å². The van der Waals surface area contributed by atoms with Gasteiger partial charge in [0.15, 0.2) is 0 Å². The monoisotopic (exact) mass is 990 g/mol. The van der Waals surface area contributed by atoms with Crippen molar-refractivity contribution < 1.29 is 17.1 Å². The van der Waals surface area contributed by atoms with Crippen LogP contribution in [0.2, 0.25) is 13.1 Å². The van der Waals surface area contributed by atoms with E-state index in [0.29, 0.717) is 34.9 Å². The number of aromatic nitrogens is 3. The van der Waals surface area contributed by atoms with Gasteiger partial charge in [-0.2, -0.15) is 0 Å². The summed E-state index contributed by atoms with van der Waals surface area (Å²) in [5, 5.41) is 10.8. The summed E-state index contributed by atoms with van der Waals surface area (Å²) >= 11 is 0. The van der Waals surface area contributed by atoms with Crippen molar-refractivity contribution in [2.75, 3.05) is 4.90 Å². The molecule has 366 valence electrons. The number of rotatable bonds is 4. The lowest BCUT2D eigenvalue weighted by Crippen LogP contribution is -2.58. The van der Waals surface area contributed by atoms with Gasteiger partial charge < -0.3 is 14.2 Å². The normalized spacial score (nSPS) is 16.5. The Balaban J connectivity index is 1.07. The summed E-state index contributed by atoms with van der Waals surface area (Å²) < 4.78 is 91.4. The minimum Gasteiger partial charge on any atom is -0.457 e. The van der Waals surface area contributed by atoms with Gasteiger partial charge in [-0.15, -0.1) is 0 Å². The number of para-hydroxylation sites is 2. The van der Waals surface area contributed by atoms with E-state index >= 15 is 0 Å². The second-order valence-corrected chi connectivity index (χ2v) is 27.4. The van der Waals surface area contributed by atoms with E-state index in [-0.39, 0.29) is 11.0 Å². The Morgan fingerprint density at radius 3 is 1.76 bits per heavy atom. The van der Waals surface area contributed by atoms with Gasteiger partial charge in [-0.3, -0.25) is 4.57 Å². The van der Waals surface area contributed by atoms with Crippen molar-refractivity contribution in [2.45, 2.75) is 98.1 Å². The molecule has 0 saturated carbocycles. The standard InChI is InChI=1S/C68H64N4OSi/c1-66(2,3)43-33-34-69-62(38-43)72-57-26-17-16-23-53(57)54-29-27-46(39-58(54)72)73-47-28-31-60-59(40-47)70-41-71-63-48(42-35-44(67(4,5)6)37-45(36-42)68(7,8)9)24-18-25-55(63)51-21-14-12-19-49(51)50-20-13-15-22-52(50)56-30-32-61(74(60,10)11)65(70)64(56)71/h12-40H,41H2,1-11H3/i4D3,5D3,6D3. The van der Waals surface area contributed by atoms with Crippen LogP contribution in [-0.2, 0) is 22.9 Å². The molecule has 0 bridgehead atoms. The quantitative estimate of drug-likeness (QED) is 0.165. The molecular weight excluding hydrogens is 917 g/mol. The van der Waals surface area contributed by atoms with Crippen LogP contribution in [0.3, 0.4) is 0 Å². The van der Waals surface area contributed by atoms with Crippen molar-refractivity contribution in [1.29, 1.82) is 0 Å². The molecular formula is C68H64N4OSi. The topological polar surface area (TPSA) is 35.2 Å². The van der Waals surface area contributed by atoms with Crippen molar-refractivity contribution >= 4 is 95.0 Å². The molecule has 0 N–H and O–H groups in total. The van der Waals surface area contributed by atoms with Crippen LogP contribution in [0, 0.1) is 0 Å². The second kappa shape index (κ2) is 16.2. The maximum absolute atomic E-state index is 8.86. The summed E-state index contributed by atoms with van der Waals surface area (Å²) in [6.45, 7) is 7.32. The summed E-state index contributed by atoms with van der Waals surface area (Å²) in [6.07, 6.45) is 1.89. The predicted molar refractivity (Wildman–Crippen MR) is 318 cm³/mol. The van der Waals surface area contributed by atoms with Gasteiger partial charge in [0.2, 0.25) is 0 Å². The molecule has 8 aromatic carbocycles. The lowest BCUT2D eigenvalue weighted by Gasteiger charge is -2.38. The fraction of sp³-hybridized carbons (Fsp3) is 0.221. The molecule has 0 aliphatic carbocycles. The number of pyridine rings is 1. The molecule has 0 spiro atoms. The Kier molecular flexibility index (Phi) is 8.11. The van der Waals surface area contributed by atoms with E-state index in [1.165, 1.54) is 28.1 Å². The molecule has 74 heavy (non-hydrogen) atoms. The highest BCUT2D eigenvalue weighted by Gasteiger charge is 2.42. The summed E-state index contributed by atoms with van der Waals surface area (Å²) in [4.78, 5) is 7.34. The van der Waals surface area contributed by atoms with Gasteiger partial charge in [-0.25, -0.2) is 4.98 Å². The van der Waals surface area contributed by atoms with Crippen LogP contribution in [-0.4, -0.2) is 22.2 Å². The van der Waals surface area contributed by atoms with Gasteiger partial charge in [-0.05, 0) is 107 Å². The third-order valence-electron chi connectivity index (χ3n) is 15.9. The maximum atomic E-state index is 8.86. The third-order valence-corrected chi connectivity index (χ3v) is 19.4. The van der Waals surface area contributed by atoms with E-state index < -0.39 is 39.5 Å². The average Bonchev–Trinajstić information content (AvgIpc) is 2.18. The third kappa shape index (κ3) is 7.12. The zero-order chi connectivity index (χ0) is 58.7. The van der Waals surface area contributed by atoms with E-state index in [2.05, 4.69) is 175 Å². The van der Waals surface area contributed by atoms with Crippen molar-refractivity contribution in [2.24, 2.45) is 0 Å². The molecule has 3 aromatic heterocycles. The smallest absolute Gasteiger partial charge is 0.137 e. The van der Waals surface area contributed by atoms with Gasteiger partial charge in [0.25, 0.3) is 0 Å². The summed E-state index contributed by atoms with van der Waals surface area (Å²) in [6, 6.07) is 58.1. The fourth-order valence-electron chi connectivity index (χ4n) is 12.0. The predicted octanol–water partition coefficient (Wildman–Crippen LogP) is 17.3. The van der Waals surface area contributed by atoms with Crippen LogP contribution in [0.15, 0.2) is 176 Å². The van der Waals surface area contributed by atoms with Crippen molar-refractivity contribution in [3.63, 3.8) is 0 Å². The lowest BCUT2D eigenvalue weighted by atomic mass is 9.78. The molecule has 2 aliphatic heterocycles. The minimum atomic E-state index is -3.46. The van der Waals surface area contributed by atoms with Gasteiger partial charge in [0, 0.05) is 63.5 Å². The number of fused-ring (bicyclic) bond motifs is 12. The van der Waals surface area contributed by atoms with E-state index in [1.54, 1.807) is 0 Å².